The molecule has 1 aromatic carbocycles. The highest BCUT2D eigenvalue weighted by Gasteiger charge is 2.26. The van der Waals surface area contributed by atoms with Crippen LogP contribution in [0.3, 0.4) is 0 Å². The molecule has 1 saturated heterocycles. The summed E-state index contributed by atoms with van der Waals surface area (Å²) < 4.78 is 33.1. The molecule has 0 aromatic heterocycles. The van der Waals surface area contributed by atoms with Gasteiger partial charge >= 0.3 is 0 Å². The van der Waals surface area contributed by atoms with Gasteiger partial charge in [-0.15, -0.1) is 0 Å². The molecule has 6 heteroatoms. The zero-order valence-electron chi connectivity index (χ0n) is 12.2. The smallest absolute Gasteiger partial charge is 0.264 e. The Bertz CT molecular complexity index is 580. The Hall–Kier alpha value is -1.27. The van der Waals surface area contributed by atoms with Gasteiger partial charge in [0, 0.05) is 18.8 Å². The summed E-state index contributed by atoms with van der Waals surface area (Å²) in [6.07, 6.45) is 4.15. The molecule has 0 radical (unpaired) electrons. The van der Waals surface area contributed by atoms with E-state index in [1.165, 1.54) is 12.8 Å². The second-order valence-corrected chi connectivity index (χ2v) is 7.51. The van der Waals surface area contributed by atoms with E-state index in [1.807, 2.05) is 24.3 Å². The summed E-state index contributed by atoms with van der Waals surface area (Å²) in [5, 5.41) is 0. The van der Waals surface area contributed by atoms with E-state index in [1.54, 1.807) is 0 Å². The van der Waals surface area contributed by atoms with Gasteiger partial charge in [-0.2, -0.15) is 8.42 Å². The van der Waals surface area contributed by atoms with Crippen LogP contribution in [0.25, 0.3) is 0 Å². The highest BCUT2D eigenvalue weighted by atomic mass is 32.2. The van der Waals surface area contributed by atoms with Crippen LogP contribution in [0.1, 0.15) is 19.3 Å². The molecule has 2 aliphatic rings. The number of rotatable bonds is 6. The standard InChI is InChI=1S/C15H21NO4S/c1-21(17,18)20-15-8-9-16(10-15)13-4-6-14(7-5-13)19-11-12-2-3-12/h4-7,12,15H,2-3,8-11H2,1H3. The Balaban J connectivity index is 1.54. The van der Waals surface area contributed by atoms with Crippen LogP contribution in [0.5, 0.6) is 5.75 Å². The van der Waals surface area contributed by atoms with Gasteiger partial charge in [0.2, 0.25) is 0 Å². The molecule has 0 bridgehead atoms. The average Bonchev–Trinajstić information content (AvgIpc) is 3.15. The summed E-state index contributed by atoms with van der Waals surface area (Å²) >= 11 is 0. The lowest BCUT2D eigenvalue weighted by Crippen LogP contribution is -2.24. The lowest BCUT2D eigenvalue weighted by molar-refractivity contribution is 0.234. The highest BCUT2D eigenvalue weighted by molar-refractivity contribution is 7.86. The quantitative estimate of drug-likeness (QED) is 0.752. The number of anilines is 1. The van der Waals surface area contributed by atoms with Crippen molar-refractivity contribution in [2.45, 2.75) is 25.4 Å². The van der Waals surface area contributed by atoms with E-state index in [0.717, 1.165) is 43.2 Å². The molecule has 0 spiro atoms. The van der Waals surface area contributed by atoms with Crippen LogP contribution >= 0.6 is 0 Å². The Labute approximate surface area is 126 Å². The summed E-state index contributed by atoms with van der Waals surface area (Å²) in [6, 6.07) is 7.99. The van der Waals surface area contributed by atoms with Crippen LogP contribution in [0.4, 0.5) is 5.69 Å². The normalized spacial score (nSPS) is 22.5. The molecule has 1 aromatic rings. The van der Waals surface area contributed by atoms with Crippen molar-refractivity contribution < 1.29 is 17.3 Å². The first-order chi connectivity index (χ1) is 9.99. The fourth-order valence-corrected chi connectivity index (χ4v) is 3.19. The predicted octanol–water partition coefficient (Wildman–Crippen LogP) is 2.03. The second kappa shape index (κ2) is 5.85. The number of benzene rings is 1. The van der Waals surface area contributed by atoms with E-state index in [0.29, 0.717) is 6.54 Å². The van der Waals surface area contributed by atoms with Crippen molar-refractivity contribution in [3.8, 4) is 5.75 Å². The van der Waals surface area contributed by atoms with Gasteiger partial charge in [-0.1, -0.05) is 0 Å². The molecule has 5 nitrogen and oxygen atoms in total. The third-order valence-electron chi connectivity index (χ3n) is 3.84. The van der Waals surface area contributed by atoms with Gasteiger partial charge in [0.25, 0.3) is 10.1 Å². The van der Waals surface area contributed by atoms with Gasteiger partial charge < -0.3 is 9.64 Å². The minimum atomic E-state index is -3.38. The third-order valence-corrected chi connectivity index (χ3v) is 4.46. The summed E-state index contributed by atoms with van der Waals surface area (Å²) in [5.41, 5.74) is 1.08. The topological polar surface area (TPSA) is 55.8 Å². The highest BCUT2D eigenvalue weighted by Crippen LogP contribution is 2.30. The summed E-state index contributed by atoms with van der Waals surface area (Å²) in [7, 11) is -3.38. The van der Waals surface area contributed by atoms with Crippen molar-refractivity contribution >= 4 is 15.8 Å². The molecule has 0 amide bonds. The van der Waals surface area contributed by atoms with Crippen molar-refractivity contribution in [2.24, 2.45) is 5.92 Å². The van der Waals surface area contributed by atoms with Crippen molar-refractivity contribution in [3.63, 3.8) is 0 Å². The molecule has 1 saturated carbocycles. The predicted molar refractivity (Wildman–Crippen MR) is 81.2 cm³/mol. The molecule has 1 aliphatic carbocycles. The van der Waals surface area contributed by atoms with E-state index < -0.39 is 10.1 Å². The molecule has 116 valence electrons. The van der Waals surface area contributed by atoms with Crippen LogP contribution in [0.2, 0.25) is 0 Å². The first-order valence-corrected chi connectivity index (χ1v) is 9.17. The van der Waals surface area contributed by atoms with E-state index in [2.05, 4.69) is 4.90 Å². The van der Waals surface area contributed by atoms with Crippen LogP contribution in [-0.2, 0) is 14.3 Å². The number of ether oxygens (including phenoxy) is 1. The Morgan fingerprint density at radius 2 is 1.90 bits per heavy atom. The third kappa shape index (κ3) is 4.35. The fraction of sp³-hybridized carbons (Fsp3) is 0.600. The molecule has 21 heavy (non-hydrogen) atoms. The Kier molecular flexibility index (Phi) is 4.08. The monoisotopic (exact) mass is 311 g/mol. The second-order valence-electron chi connectivity index (χ2n) is 5.91. The maximum Gasteiger partial charge on any atom is 0.264 e. The SMILES string of the molecule is CS(=O)(=O)OC1CCN(c2ccc(OCC3CC3)cc2)C1. The zero-order valence-corrected chi connectivity index (χ0v) is 13.0. The number of hydrogen-bond acceptors (Lipinski definition) is 5. The van der Waals surface area contributed by atoms with Gasteiger partial charge in [0.1, 0.15) is 5.75 Å². The molecular formula is C15H21NO4S. The van der Waals surface area contributed by atoms with Crippen molar-refractivity contribution in [1.29, 1.82) is 0 Å². The van der Waals surface area contributed by atoms with Gasteiger partial charge in [0.05, 0.1) is 19.0 Å². The van der Waals surface area contributed by atoms with Gasteiger partial charge in [-0.25, -0.2) is 0 Å². The number of hydrogen-bond donors (Lipinski definition) is 0. The van der Waals surface area contributed by atoms with E-state index >= 15 is 0 Å². The minimum Gasteiger partial charge on any atom is -0.493 e. The molecular weight excluding hydrogens is 290 g/mol. The van der Waals surface area contributed by atoms with Crippen molar-refractivity contribution in [2.75, 3.05) is 30.9 Å². The first kappa shape index (κ1) is 14.7. The molecule has 3 rings (SSSR count). The zero-order chi connectivity index (χ0) is 14.9. The first-order valence-electron chi connectivity index (χ1n) is 7.36. The Morgan fingerprint density at radius 3 is 2.52 bits per heavy atom. The van der Waals surface area contributed by atoms with Crippen molar-refractivity contribution in [1.82, 2.24) is 0 Å². The molecule has 1 atom stereocenters. The molecule has 0 N–H and O–H groups in total. The largest absolute Gasteiger partial charge is 0.493 e. The van der Waals surface area contributed by atoms with Crippen LogP contribution < -0.4 is 9.64 Å². The summed E-state index contributed by atoms with van der Waals surface area (Å²) in [4.78, 5) is 2.14. The minimum absolute atomic E-state index is 0.245. The van der Waals surface area contributed by atoms with E-state index in [9.17, 15) is 8.42 Å². The molecule has 2 fully saturated rings. The lowest BCUT2D eigenvalue weighted by Gasteiger charge is -2.18. The summed E-state index contributed by atoms with van der Waals surface area (Å²) in [6.45, 7) is 2.23. The van der Waals surface area contributed by atoms with Gasteiger partial charge in [-0.3, -0.25) is 4.18 Å². The van der Waals surface area contributed by atoms with Crippen LogP contribution in [0, 0.1) is 5.92 Å². The van der Waals surface area contributed by atoms with Gasteiger partial charge in [0.15, 0.2) is 0 Å². The van der Waals surface area contributed by atoms with Crippen LogP contribution in [-0.4, -0.2) is 40.5 Å². The lowest BCUT2D eigenvalue weighted by atomic mass is 10.3. The van der Waals surface area contributed by atoms with Crippen LogP contribution in [0.15, 0.2) is 24.3 Å². The maximum atomic E-state index is 11.1. The maximum absolute atomic E-state index is 11.1. The number of nitrogens with zero attached hydrogens (tertiary/aromatic N) is 1. The Morgan fingerprint density at radius 1 is 1.19 bits per heavy atom. The molecule has 1 aliphatic heterocycles. The molecule has 1 heterocycles. The van der Waals surface area contributed by atoms with E-state index in [4.69, 9.17) is 8.92 Å². The van der Waals surface area contributed by atoms with E-state index in [-0.39, 0.29) is 6.10 Å². The van der Waals surface area contributed by atoms with Crippen molar-refractivity contribution in [3.05, 3.63) is 24.3 Å². The average molecular weight is 311 g/mol. The van der Waals surface area contributed by atoms with Gasteiger partial charge in [-0.05, 0) is 49.4 Å². The molecule has 1 unspecified atom stereocenters. The summed E-state index contributed by atoms with van der Waals surface area (Å²) in [5.74, 6) is 1.64. The fourth-order valence-electron chi connectivity index (χ4n) is 2.54.